The molecule has 1 aliphatic rings. The van der Waals surface area contributed by atoms with E-state index >= 15 is 0 Å². The van der Waals surface area contributed by atoms with Gasteiger partial charge in [-0.05, 0) is 57.6 Å². The molecule has 0 radical (unpaired) electrons. The van der Waals surface area contributed by atoms with Crippen LogP contribution in [-0.4, -0.2) is 59.9 Å². The van der Waals surface area contributed by atoms with Crippen LogP contribution in [0.25, 0.3) is 0 Å². The van der Waals surface area contributed by atoms with E-state index in [0.29, 0.717) is 25.3 Å². The summed E-state index contributed by atoms with van der Waals surface area (Å²) >= 11 is 0. The van der Waals surface area contributed by atoms with Gasteiger partial charge in [-0.25, -0.2) is 0 Å². The summed E-state index contributed by atoms with van der Waals surface area (Å²) in [6, 6.07) is 16.5. The van der Waals surface area contributed by atoms with E-state index in [2.05, 4.69) is 0 Å². The van der Waals surface area contributed by atoms with E-state index in [1.54, 1.807) is 4.90 Å². The van der Waals surface area contributed by atoms with Crippen LogP contribution in [0.3, 0.4) is 0 Å². The van der Waals surface area contributed by atoms with Crippen LogP contribution in [0, 0.1) is 0 Å². The number of aliphatic hydroxyl groups excluding tert-OH is 1. The third-order valence-corrected chi connectivity index (χ3v) is 5.42. The fraction of sp³-hybridized carbons (Fsp3) is 0.385. The van der Waals surface area contributed by atoms with Crippen LogP contribution in [0.5, 0.6) is 5.75 Å². The molecule has 2 aromatic rings. The van der Waals surface area contributed by atoms with Gasteiger partial charge in [0, 0.05) is 19.5 Å². The number of ketones is 1. The lowest BCUT2D eigenvalue weighted by atomic mass is 9.93. The quantitative estimate of drug-likeness (QED) is 0.611. The molecular weight excluding hydrogens is 404 g/mol. The van der Waals surface area contributed by atoms with Gasteiger partial charge in [0.15, 0.2) is 11.5 Å². The van der Waals surface area contributed by atoms with Crippen molar-refractivity contribution in [2.45, 2.75) is 38.8 Å². The molecule has 6 nitrogen and oxygen atoms in total. The molecular formula is C26H32N2O4. The molecule has 170 valence electrons. The first-order chi connectivity index (χ1) is 15.3. The summed E-state index contributed by atoms with van der Waals surface area (Å²) in [4.78, 5) is 29.8. The van der Waals surface area contributed by atoms with Crippen molar-refractivity contribution in [3.05, 3.63) is 77.1 Å². The molecule has 0 spiro atoms. The van der Waals surface area contributed by atoms with E-state index in [9.17, 15) is 14.7 Å². The summed E-state index contributed by atoms with van der Waals surface area (Å²) in [5.74, 6) is -0.496. The average molecular weight is 437 g/mol. The topological polar surface area (TPSA) is 70.1 Å². The summed E-state index contributed by atoms with van der Waals surface area (Å²) in [5, 5.41) is 10.7. The van der Waals surface area contributed by atoms with Crippen LogP contribution in [0.15, 0.2) is 65.9 Å². The monoisotopic (exact) mass is 436 g/mol. The van der Waals surface area contributed by atoms with Crippen LogP contribution >= 0.6 is 0 Å². The minimum atomic E-state index is -0.638. The van der Waals surface area contributed by atoms with Crippen molar-refractivity contribution in [1.29, 1.82) is 0 Å². The molecule has 0 aliphatic carbocycles. The summed E-state index contributed by atoms with van der Waals surface area (Å²) in [5.41, 5.74) is 1.97. The highest BCUT2D eigenvalue weighted by Crippen LogP contribution is 2.39. The third kappa shape index (κ3) is 5.56. The molecule has 0 aromatic heterocycles. The zero-order valence-corrected chi connectivity index (χ0v) is 19.2. The summed E-state index contributed by atoms with van der Waals surface area (Å²) in [6.45, 7) is 4.90. The molecule has 3 rings (SSSR count). The smallest absolute Gasteiger partial charge is 0.290 e. The van der Waals surface area contributed by atoms with Crippen LogP contribution in [-0.2, 0) is 16.0 Å². The molecule has 2 aromatic carbocycles. The Kier molecular flexibility index (Phi) is 7.70. The SMILES string of the molecule is CC(C)Oc1cccc(C2C(C(=O)CCc3ccccc3)=C(O)C(=O)N2CCN(C)C)c1. The van der Waals surface area contributed by atoms with Crippen molar-refractivity contribution in [3.63, 3.8) is 0 Å². The number of nitrogens with zero attached hydrogens (tertiary/aromatic N) is 2. The predicted molar refractivity (Wildman–Crippen MR) is 125 cm³/mol. The number of rotatable bonds is 10. The summed E-state index contributed by atoms with van der Waals surface area (Å²) in [7, 11) is 3.84. The number of ether oxygens (including phenoxy) is 1. The van der Waals surface area contributed by atoms with Crippen LogP contribution in [0.1, 0.15) is 37.4 Å². The fourth-order valence-electron chi connectivity index (χ4n) is 3.89. The number of aliphatic hydroxyl groups is 1. The number of hydrogen-bond donors (Lipinski definition) is 1. The highest BCUT2D eigenvalue weighted by Gasteiger charge is 2.43. The fourth-order valence-corrected chi connectivity index (χ4v) is 3.89. The molecule has 1 amide bonds. The van der Waals surface area contributed by atoms with E-state index in [-0.39, 0.29) is 23.9 Å². The van der Waals surface area contributed by atoms with Crippen LogP contribution in [0.2, 0.25) is 0 Å². The second-order valence-electron chi connectivity index (χ2n) is 8.61. The number of Topliss-reactive ketones (excluding diaryl/α,β-unsaturated/α-hetero) is 1. The maximum Gasteiger partial charge on any atom is 0.290 e. The van der Waals surface area contributed by atoms with Gasteiger partial charge in [0.1, 0.15) is 5.75 Å². The van der Waals surface area contributed by atoms with E-state index < -0.39 is 17.7 Å². The lowest BCUT2D eigenvalue weighted by Gasteiger charge is -2.28. The van der Waals surface area contributed by atoms with E-state index in [1.807, 2.05) is 87.4 Å². The Morgan fingerprint density at radius 2 is 1.84 bits per heavy atom. The Bertz CT molecular complexity index is 982. The minimum absolute atomic E-state index is 0.00350. The number of benzene rings is 2. The first-order valence-corrected chi connectivity index (χ1v) is 11.0. The zero-order valence-electron chi connectivity index (χ0n) is 19.2. The second kappa shape index (κ2) is 10.5. The molecule has 0 saturated heterocycles. The van der Waals surface area contributed by atoms with Gasteiger partial charge in [-0.1, -0.05) is 42.5 Å². The highest BCUT2D eigenvalue weighted by molar-refractivity contribution is 6.09. The molecule has 0 saturated carbocycles. The molecule has 32 heavy (non-hydrogen) atoms. The molecule has 1 aliphatic heterocycles. The number of amides is 1. The summed E-state index contributed by atoms with van der Waals surface area (Å²) < 4.78 is 5.83. The van der Waals surface area contributed by atoms with E-state index in [4.69, 9.17) is 4.74 Å². The number of hydrogen-bond acceptors (Lipinski definition) is 5. The normalized spacial score (nSPS) is 16.4. The Labute approximate surface area is 190 Å². The van der Waals surface area contributed by atoms with E-state index in [1.165, 1.54) is 0 Å². The van der Waals surface area contributed by atoms with Crippen molar-refractivity contribution in [2.75, 3.05) is 27.2 Å². The molecule has 0 fully saturated rings. The average Bonchev–Trinajstić information content (AvgIpc) is 3.01. The van der Waals surface area contributed by atoms with Gasteiger partial charge in [0.2, 0.25) is 0 Å². The molecule has 0 bridgehead atoms. The second-order valence-corrected chi connectivity index (χ2v) is 8.61. The van der Waals surface area contributed by atoms with Gasteiger partial charge < -0.3 is 19.6 Å². The van der Waals surface area contributed by atoms with Gasteiger partial charge in [0.25, 0.3) is 5.91 Å². The van der Waals surface area contributed by atoms with Crippen LogP contribution in [0.4, 0.5) is 0 Å². The largest absolute Gasteiger partial charge is 0.503 e. The lowest BCUT2D eigenvalue weighted by Crippen LogP contribution is -2.36. The maximum atomic E-state index is 13.3. The maximum absolute atomic E-state index is 13.3. The molecule has 6 heteroatoms. The number of aryl methyl sites for hydroxylation is 1. The summed E-state index contributed by atoms with van der Waals surface area (Å²) in [6.07, 6.45) is 0.763. The number of carbonyl (C=O) groups excluding carboxylic acids is 2. The first-order valence-electron chi connectivity index (χ1n) is 11.0. The van der Waals surface area contributed by atoms with Gasteiger partial charge in [-0.3, -0.25) is 9.59 Å². The molecule has 1 atom stereocenters. The Morgan fingerprint density at radius 1 is 1.12 bits per heavy atom. The molecule has 1 N–H and O–H groups in total. The minimum Gasteiger partial charge on any atom is -0.503 e. The zero-order chi connectivity index (χ0) is 23.3. The Morgan fingerprint density at radius 3 is 2.50 bits per heavy atom. The predicted octanol–water partition coefficient (Wildman–Crippen LogP) is 3.93. The van der Waals surface area contributed by atoms with Crippen molar-refractivity contribution < 1.29 is 19.4 Å². The van der Waals surface area contributed by atoms with Crippen molar-refractivity contribution >= 4 is 11.7 Å². The van der Waals surface area contributed by atoms with E-state index in [0.717, 1.165) is 11.1 Å². The van der Waals surface area contributed by atoms with Gasteiger partial charge in [-0.2, -0.15) is 0 Å². The van der Waals surface area contributed by atoms with Gasteiger partial charge >= 0.3 is 0 Å². The lowest BCUT2D eigenvalue weighted by molar-refractivity contribution is -0.129. The van der Waals surface area contributed by atoms with Gasteiger partial charge in [0.05, 0.1) is 17.7 Å². The third-order valence-electron chi connectivity index (χ3n) is 5.42. The van der Waals surface area contributed by atoms with Gasteiger partial charge in [-0.15, -0.1) is 0 Å². The number of carbonyl (C=O) groups is 2. The Hall–Kier alpha value is -3.12. The molecule has 1 heterocycles. The van der Waals surface area contributed by atoms with Crippen molar-refractivity contribution in [2.24, 2.45) is 0 Å². The van der Waals surface area contributed by atoms with Crippen LogP contribution < -0.4 is 4.74 Å². The van der Waals surface area contributed by atoms with Crippen molar-refractivity contribution in [1.82, 2.24) is 9.80 Å². The van der Waals surface area contributed by atoms with Crippen molar-refractivity contribution in [3.8, 4) is 5.75 Å². The first kappa shape index (κ1) is 23.5. The number of likely N-dealkylation sites (N-methyl/N-ethyl adjacent to an activating group) is 1. The highest BCUT2D eigenvalue weighted by atomic mass is 16.5. The molecule has 1 unspecified atom stereocenters. The standard InChI is InChI=1S/C26H32N2O4/c1-18(2)32-21-12-8-11-20(17-21)24-23(22(29)14-13-19-9-6-5-7-10-19)25(30)26(31)28(24)16-15-27(3)4/h5-12,17-18,24,30H,13-16H2,1-4H3. The Balaban J connectivity index is 1.93.